The fourth-order valence-corrected chi connectivity index (χ4v) is 5.51. The predicted octanol–water partition coefficient (Wildman–Crippen LogP) is 4.82. The molecule has 3 fully saturated rings. The quantitative estimate of drug-likeness (QED) is 0.548. The van der Waals surface area contributed by atoms with E-state index in [1.165, 1.54) is 6.42 Å². The van der Waals surface area contributed by atoms with E-state index in [9.17, 15) is 9.90 Å². The van der Waals surface area contributed by atoms with Crippen molar-refractivity contribution in [3.8, 4) is 16.9 Å². The summed E-state index contributed by atoms with van der Waals surface area (Å²) < 4.78 is 17.6. The molecule has 0 spiro atoms. The lowest BCUT2D eigenvalue weighted by Gasteiger charge is -2.34. The van der Waals surface area contributed by atoms with Crippen LogP contribution >= 0.6 is 0 Å². The molecular formula is C27H34N2O5. The lowest BCUT2D eigenvalue weighted by atomic mass is 9.90. The Balaban J connectivity index is 1.45. The molecule has 2 saturated carbocycles. The van der Waals surface area contributed by atoms with Crippen LogP contribution in [0.5, 0.6) is 5.75 Å². The van der Waals surface area contributed by atoms with Gasteiger partial charge in [-0.1, -0.05) is 12.1 Å². The van der Waals surface area contributed by atoms with E-state index in [0.717, 1.165) is 52.7 Å². The molecule has 3 aliphatic rings. The molecule has 2 N–H and O–H groups in total. The first-order valence-electron chi connectivity index (χ1n) is 12.4. The summed E-state index contributed by atoms with van der Waals surface area (Å²) in [6.07, 6.45) is 6.60. The zero-order chi connectivity index (χ0) is 23.7. The average molecular weight is 467 g/mol. The second kappa shape index (κ2) is 9.55. The molecule has 182 valence electrons. The molecule has 2 aromatic rings. The summed E-state index contributed by atoms with van der Waals surface area (Å²) in [5.41, 5.74) is 3.03. The smallest absolute Gasteiger partial charge is 0.329 e. The largest absolute Gasteiger partial charge is 0.494 e. The van der Waals surface area contributed by atoms with E-state index in [0.29, 0.717) is 51.2 Å². The summed E-state index contributed by atoms with van der Waals surface area (Å²) in [6.45, 7) is 5.95. The zero-order valence-corrected chi connectivity index (χ0v) is 20.0. The number of aromatic nitrogens is 1. The Bertz CT molecular complexity index is 1040. The van der Waals surface area contributed by atoms with Crippen LogP contribution in [0.25, 0.3) is 11.1 Å². The summed E-state index contributed by atoms with van der Waals surface area (Å²) in [5, 5.41) is 13.2. The van der Waals surface area contributed by atoms with Crippen molar-refractivity contribution in [2.75, 3.05) is 25.1 Å². The van der Waals surface area contributed by atoms with Gasteiger partial charge in [0.1, 0.15) is 17.1 Å². The Morgan fingerprint density at radius 3 is 2.68 bits per heavy atom. The zero-order valence-electron chi connectivity index (χ0n) is 20.0. The van der Waals surface area contributed by atoms with Gasteiger partial charge < -0.3 is 24.6 Å². The minimum atomic E-state index is -1.07. The first kappa shape index (κ1) is 23.1. The maximum absolute atomic E-state index is 12.1. The monoisotopic (exact) mass is 466 g/mol. The van der Waals surface area contributed by atoms with Crippen molar-refractivity contribution in [1.82, 2.24) is 4.98 Å². The van der Waals surface area contributed by atoms with E-state index in [1.54, 1.807) is 0 Å². The van der Waals surface area contributed by atoms with E-state index >= 15 is 0 Å². The second-order valence-electron chi connectivity index (χ2n) is 9.87. The van der Waals surface area contributed by atoms with Gasteiger partial charge in [0, 0.05) is 37.8 Å². The van der Waals surface area contributed by atoms with E-state index in [4.69, 9.17) is 14.2 Å². The van der Waals surface area contributed by atoms with Crippen LogP contribution in [0.4, 0.5) is 5.82 Å². The van der Waals surface area contributed by atoms with Gasteiger partial charge in [-0.05, 0) is 73.8 Å². The lowest BCUT2D eigenvalue weighted by Crippen LogP contribution is -2.50. The summed E-state index contributed by atoms with van der Waals surface area (Å²) >= 11 is 0. The van der Waals surface area contributed by atoms with Crippen LogP contribution in [0.3, 0.4) is 0 Å². The van der Waals surface area contributed by atoms with Crippen molar-refractivity contribution in [1.29, 1.82) is 0 Å². The number of benzene rings is 1. The molecule has 5 rings (SSSR count). The number of nitrogens with zero attached hydrogens (tertiary/aromatic N) is 1. The number of rotatable bonds is 9. The predicted molar refractivity (Wildman–Crippen MR) is 129 cm³/mol. The molecule has 2 unspecified atom stereocenters. The topological polar surface area (TPSA) is 89.9 Å². The van der Waals surface area contributed by atoms with Gasteiger partial charge in [-0.25, -0.2) is 9.78 Å². The Kier molecular flexibility index (Phi) is 6.49. The molecule has 0 amide bonds. The number of hydrogen-bond donors (Lipinski definition) is 2. The molecular weight excluding hydrogens is 432 g/mol. The molecule has 7 heteroatoms. The van der Waals surface area contributed by atoms with Gasteiger partial charge in [0.15, 0.2) is 0 Å². The maximum Gasteiger partial charge on any atom is 0.329 e. The molecule has 0 bridgehead atoms. The van der Waals surface area contributed by atoms with Gasteiger partial charge in [0.05, 0.1) is 19.3 Å². The minimum absolute atomic E-state index is 0.304. The highest BCUT2D eigenvalue weighted by atomic mass is 16.5. The van der Waals surface area contributed by atoms with E-state index in [2.05, 4.69) is 23.3 Å². The SMILES string of the molecule is CCOc1cccc(-c2cnc(NC3(C(=O)O)CCOCC3)cc2COC2CC3C[C@H]3C2)c1C. The highest BCUT2D eigenvalue weighted by Gasteiger charge is 2.46. The summed E-state index contributed by atoms with van der Waals surface area (Å²) in [6, 6.07) is 8.01. The highest BCUT2D eigenvalue weighted by Crippen LogP contribution is 2.52. The van der Waals surface area contributed by atoms with Crippen molar-refractivity contribution in [3.05, 3.63) is 41.6 Å². The normalized spacial score (nSPS) is 24.9. The Labute approximate surface area is 200 Å². The van der Waals surface area contributed by atoms with Crippen LogP contribution < -0.4 is 10.1 Å². The van der Waals surface area contributed by atoms with Crippen LogP contribution in [-0.2, 0) is 20.9 Å². The molecule has 2 aliphatic carbocycles. The molecule has 0 radical (unpaired) electrons. The molecule has 1 aromatic carbocycles. The Hall–Kier alpha value is -2.64. The molecule has 2 heterocycles. The second-order valence-corrected chi connectivity index (χ2v) is 9.87. The lowest BCUT2D eigenvalue weighted by molar-refractivity contribution is -0.145. The van der Waals surface area contributed by atoms with Crippen LogP contribution in [0.1, 0.15) is 50.2 Å². The molecule has 3 atom stereocenters. The third-order valence-corrected chi connectivity index (χ3v) is 7.66. The third-order valence-electron chi connectivity index (χ3n) is 7.66. The average Bonchev–Trinajstić information content (AvgIpc) is 3.45. The molecule has 34 heavy (non-hydrogen) atoms. The number of anilines is 1. The highest BCUT2D eigenvalue weighted by molar-refractivity contribution is 5.83. The van der Waals surface area contributed by atoms with Crippen LogP contribution in [0, 0.1) is 18.8 Å². The number of carbonyl (C=O) groups is 1. The number of pyridine rings is 1. The number of aliphatic carboxylic acids is 1. The van der Waals surface area contributed by atoms with Gasteiger partial charge in [-0.2, -0.15) is 0 Å². The van der Waals surface area contributed by atoms with Crippen molar-refractivity contribution in [2.24, 2.45) is 11.8 Å². The Morgan fingerprint density at radius 1 is 1.21 bits per heavy atom. The first-order chi connectivity index (χ1) is 16.5. The molecule has 7 nitrogen and oxygen atoms in total. The van der Waals surface area contributed by atoms with Crippen LogP contribution in [-0.4, -0.2) is 47.5 Å². The van der Waals surface area contributed by atoms with Crippen molar-refractivity contribution in [2.45, 2.75) is 64.2 Å². The fraction of sp³-hybridized carbons (Fsp3) is 0.556. The summed E-state index contributed by atoms with van der Waals surface area (Å²) in [5.74, 6) is 2.25. The molecule has 1 saturated heterocycles. The third kappa shape index (κ3) is 4.64. The van der Waals surface area contributed by atoms with Gasteiger partial charge in [0.2, 0.25) is 0 Å². The number of carboxylic acids is 1. The van der Waals surface area contributed by atoms with Crippen LogP contribution in [0.2, 0.25) is 0 Å². The maximum atomic E-state index is 12.1. The number of ether oxygens (including phenoxy) is 3. The summed E-state index contributed by atoms with van der Waals surface area (Å²) in [7, 11) is 0. The van der Waals surface area contributed by atoms with Crippen molar-refractivity contribution in [3.63, 3.8) is 0 Å². The number of carboxylic acid groups (broad SMARTS) is 1. The van der Waals surface area contributed by atoms with E-state index in [1.807, 2.05) is 31.3 Å². The van der Waals surface area contributed by atoms with Crippen molar-refractivity contribution >= 4 is 11.8 Å². The van der Waals surface area contributed by atoms with Gasteiger partial charge in [-0.3, -0.25) is 0 Å². The summed E-state index contributed by atoms with van der Waals surface area (Å²) in [4.78, 5) is 16.8. The number of hydrogen-bond acceptors (Lipinski definition) is 6. The molecule has 1 aliphatic heterocycles. The van der Waals surface area contributed by atoms with Gasteiger partial charge in [-0.15, -0.1) is 0 Å². The minimum Gasteiger partial charge on any atom is -0.494 e. The van der Waals surface area contributed by atoms with Crippen molar-refractivity contribution < 1.29 is 24.1 Å². The first-order valence-corrected chi connectivity index (χ1v) is 12.4. The van der Waals surface area contributed by atoms with Gasteiger partial charge in [0.25, 0.3) is 0 Å². The fourth-order valence-electron chi connectivity index (χ4n) is 5.51. The standard InChI is InChI=1S/C27H34N2O5/c1-3-33-24-6-4-5-22(17(24)2)23-15-28-25(29-27(26(30)31)7-9-32-10-8-27)14-20(23)16-34-21-12-18-11-19(18)13-21/h4-6,14-15,18-19,21H,3,7-13,16H2,1-2H3,(H,28,29)(H,30,31)/t18-,19?,21?/m0/s1. The van der Waals surface area contributed by atoms with E-state index < -0.39 is 11.5 Å². The number of fused-ring (bicyclic) bond motifs is 1. The van der Waals surface area contributed by atoms with Crippen LogP contribution in [0.15, 0.2) is 30.5 Å². The molecule has 1 aromatic heterocycles. The van der Waals surface area contributed by atoms with Gasteiger partial charge >= 0.3 is 5.97 Å². The van der Waals surface area contributed by atoms with E-state index in [-0.39, 0.29) is 0 Å². The Morgan fingerprint density at radius 2 is 1.97 bits per heavy atom. The number of nitrogens with one attached hydrogen (secondary N) is 1.